The second-order valence-electron chi connectivity index (χ2n) is 9.17. The smallest absolute Gasteiger partial charge is 0.226 e. The number of ether oxygens (including phenoxy) is 1. The fourth-order valence-corrected chi connectivity index (χ4v) is 4.33. The topological polar surface area (TPSA) is 65.1 Å². The molecule has 2 heterocycles. The first-order chi connectivity index (χ1) is 15.1. The van der Waals surface area contributed by atoms with E-state index in [9.17, 15) is 9.59 Å². The standard InChI is InChI=1S/C24H36N4O3/c1-26-11-13-27(14-12-26)10-2-9-25-23(29)8-4-19-3-7-22-21(17-19)18-28(15-16-31-22)24(30)20-5-6-20/h3,7,17,20H,2,4-6,8-16,18H2,1H3,(H,25,29). The Morgan fingerprint density at radius 2 is 1.94 bits per heavy atom. The lowest BCUT2D eigenvalue weighted by atomic mass is 10.0. The van der Waals surface area contributed by atoms with Gasteiger partial charge in [0.1, 0.15) is 12.4 Å². The molecule has 4 rings (SSSR count). The van der Waals surface area contributed by atoms with Gasteiger partial charge in [-0.15, -0.1) is 0 Å². The van der Waals surface area contributed by atoms with E-state index >= 15 is 0 Å². The van der Waals surface area contributed by atoms with Crippen LogP contribution in [0.5, 0.6) is 5.75 Å². The summed E-state index contributed by atoms with van der Waals surface area (Å²) in [6, 6.07) is 6.13. The van der Waals surface area contributed by atoms with Crippen LogP contribution >= 0.6 is 0 Å². The average molecular weight is 429 g/mol. The Bertz CT molecular complexity index is 772. The fraction of sp³-hybridized carbons (Fsp3) is 0.667. The molecule has 170 valence electrons. The number of likely N-dealkylation sites (N-methyl/N-ethyl adjacent to an activating group) is 1. The molecule has 31 heavy (non-hydrogen) atoms. The molecule has 2 aliphatic heterocycles. The predicted molar refractivity (Wildman–Crippen MR) is 120 cm³/mol. The molecule has 0 atom stereocenters. The van der Waals surface area contributed by atoms with Gasteiger partial charge in [0.05, 0.1) is 6.54 Å². The SMILES string of the molecule is CN1CCN(CCCNC(=O)CCc2ccc3c(c2)CN(C(=O)C2CC2)CCO3)CC1. The number of carbonyl (C=O) groups excluding carboxylic acids is 2. The molecule has 2 amide bonds. The van der Waals surface area contributed by atoms with E-state index in [1.165, 1.54) is 0 Å². The van der Waals surface area contributed by atoms with E-state index in [-0.39, 0.29) is 17.7 Å². The van der Waals surface area contributed by atoms with Crippen molar-refractivity contribution in [3.8, 4) is 5.75 Å². The van der Waals surface area contributed by atoms with Crippen LogP contribution in [-0.2, 0) is 22.6 Å². The van der Waals surface area contributed by atoms with Crippen molar-refractivity contribution in [2.24, 2.45) is 5.92 Å². The molecule has 3 aliphatic rings. The van der Waals surface area contributed by atoms with Crippen molar-refractivity contribution >= 4 is 11.8 Å². The molecule has 1 aliphatic carbocycles. The number of piperazine rings is 1. The lowest BCUT2D eigenvalue weighted by molar-refractivity contribution is -0.133. The number of nitrogens with zero attached hydrogens (tertiary/aromatic N) is 3. The van der Waals surface area contributed by atoms with E-state index in [2.05, 4.69) is 28.2 Å². The number of nitrogens with one attached hydrogen (secondary N) is 1. The molecule has 7 nitrogen and oxygen atoms in total. The van der Waals surface area contributed by atoms with Crippen molar-refractivity contribution in [2.45, 2.75) is 38.6 Å². The van der Waals surface area contributed by atoms with Gasteiger partial charge in [0, 0.05) is 57.2 Å². The van der Waals surface area contributed by atoms with Crippen molar-refractivity contribution in [3.63, 3.8) is 0 Å². The first-order valence-corrected chi connectivity index (χ1v) is 11.8. The Kier molecular flexibility index (Phi) is 7.45. The third kappa shape index (κ3) is 6.43. The maximum atomic E-state index is 12.5. The Morgan fingerprint density at radius 3 is 2.71 bits per heavy atom. The molecule has 1 N–H and O–H groups in total. The van der Waals surface area contributed by atoms with E-state index in [0.717, 1.165) is 75.4 Å². The van der Waals surface area contributed by atoms with Gasteiger partial charge in [-0.2, -0.15) is 0 Å². The van der Waals surface area contributed by atoms with Gasteiger partial charge in [-0.1, -0.05) is 12.1 Å². The lowest BCUT2D eigenvalue weighted by Crippen LogP contribution is -2.45. The van der Waals surface area contributed by atoms with Crippen LogP contribution in [0.15, 0.2) is 18.2 Å². The molecule has 7 heteroatoms. The van der Waals surface area contributed by atoms with Crippen molar-refractivity contribution < 1.29 is 14.3 Å². The summed E-state index contributed by atoms with van der Waals surface area (Å²) in [5.74, 6) is 1.46. The van der Waals surface area contributed by atoms with Crippen molar-refractivity contribution in [1.82, 2.24) is 20.0 Å². The largest absolute Gasteiger partial charge is 0.491 e. The number of carbonyl (C=O) groups is 2. The van der Waals surface area contributed by atoms with Gasteiger partial charge in [-0.05, 0) is 50.9 Å². The summed E-state index contributed by atoms with van der Waals surface area (Å²) in [4.78, 5) is 31.5. The Hall–Kier alpha value is -2.12. The van der Waals surface area contributed by atoms with Crippen LogP contribution in [0.1, 0.15) is 36.8 Å². The number of rotatable bonds is 8. The highest BCUT2D eigenvalue weighted by molar-refractivity contribution is 5.81. The summed E-state index contributed by atoms with van der Waals surface area (Å²) in [6.07, 6.45) is 4.23. The average Bonchev–Trinajstić information content (AvgIpc) is 3.62. The van der Waals surface area contributed by atoms with Crippen molar-refractivity contribution in [2.75, 3.05) is 59.5 Å². The molecule has 1 aromatic rings. The first-order valence-electron chi connectivity index (χ1n) is 11.8. The van der Waals surface area contributed by atoms with Gasteiger partial charge >= 0.3 is 0 Å². The summed E-state index contributed by atoms with van der Waals surface area (Å²) in [7, 11) is 2.17. The van der Waals surface area contributed by atoms with Gasteiger partial charge in [0.25, 0.3) is 0 Å². The number of aryl methyl sites for hydroxylation is 1. The molecular formula is C24H36N4O3. The number of fused-ring (bicyclic) bond motifs is 1. The van der Waals surface area contributed by atoms with Crippen molar-refractivity contribution in [3.05, 3.63) is 29.3 Å². The van der Waals surface area contributed by atoms with E-state index in [0.29, 0.717) is 32.5 Å². The monoisotopic (exact) mass is 428 g/mol. The van der Waals surface area contributed by atoms with E-state index < -0.39 is 0 Å². The quantitative estimate of drug-likeness (QED) is 0.636. The van der Waals surface area contributed by atoms with Crippen molar-refractivity contribution in [1.29, 1.82) is 0 Å². The Morgan fingerprint density at radius 1 is 1.13 bits per heavy atom. The molecule has 0 aromatic heterocycles. The molecule has 1 saturated carbocycles. The Labute approximate surface area is 185 Å². The summed E-state index contributed by atoms with van der Waals surface area (Å²) in [6.45, 7) is 8.09. The molecule has 1 saturated heterocycles. The Balaban J connectivity index is 1.19. The van der Waals surface area contributed by atoms with Crippen LogP contribution in [0.2, 0.25) is 0 Å². The van der Waals surface area contributed by atoms with Crippen LogP contribution in [-0.4, -0.2) is 86.0 Å². The van der Waals surface area contributed by atoms with Gasteiger partial charge in [-0.3, -0.25) is 9.59 Å². The van der Waals surface area contributed by atoms with Gasteiger partial charge in [0.2, 0.25) is 11.8 Å². The minimum absolute atomic E-state index is 0.107. The van der Waals surface area contributed by atoms with E-state index in [1.807, 2.05) is 17.0 Å². The first kappa shape index (κ1) is 22.1. The van der Waals surface area contributed by atoms with Crippen LogP contribution in [0.3, 0.4) is 0 Å². The second kappa shape index (κ2) is 10.5. The number of hydrogen-bond acceptors (Lipinski definition) is 5. The summed E-state index contributed by atoms with van der Waals surface area (Å²) < 4.78 is 5.85. The third-order valence-corrected chi connectivity index (χ3v) is 6.55. The van der Waals surface area contributed by atoms with Gasteiger partial charge < -0.3 is 24.8 Å². The summed E-state index contributed by atoms with van der Waals surface area (Å²) in [5.41, 5.74) is 2.17. The highest BCUT2D eigenvalue weighted by Crippen LogP contribution is 2.33. The summed E-state index contributed by atoms with van der Waals surface area (Å²) >= 11 is 0. The van der Waals surface area contributed by atoms with Gasteiger partial charge in [-0.25, -0.2) is 0 Å². The normalized spacial score (nSPS) is 20.0. The molecule has 0 spiro atoms. The second-order valence-corrected chi connectivity index (χ2v) is 9.17. The van der Waals surface area contributed by atoms with Crippen LogP contribution in [0.4, 0.5) is 0 Å². The maximum Gasteiger partial charge on any atom is 0.226 e. The zero-order valence-electron chi connectivity index (χ0n) is 18.8. The van der Waals surface area contributed by atoms with E-state index in [1.54, 1.807) is 0 Å². The lowest BCUT2D eigenvalue weighted by Gasteiger charge is -2.32. The minimum Gasteiger partial charge on any atom is -0.491 e. The number of hydrogen-bond donors (Lipinski definition) is 1. The molecule has 0 bridgehead atoms. The van der Waals surface area contributed by atoms with Crippen LogP contribution in [0, 0.1) is 5.92 Å². The minimum atomic E-state index is 0.107. The molecule has 2 fully saturated rings. The number of benzene rings is 1. The maximum absolute atomic E-state index is 12.5. The zero-order chi connectivity index (χ0) is 21.6. The zero-order valence-corrected chi connectivity index (χ0v) is 18.8. The molecule has 0 radical (unpaired) electrons. The van der Waals surface area contributed by atoms with Crippen LogP contribution in [0.25, 0.3) is 0 Å². The third-order valence-electron chi connectivity index (χ3n) is 6.55. The highest BCUT2D eigenvalue weighted by atomic mass is 16.5. The predicted octanol–water partition coefficient (Wildman–Crippen LogP) is 1.50. The van der Waals surface area contributed by atoms with E-state index in [4.69, 9.17) is 4.74 Å². The number of amides is 2. The molecule has 1 aromatic carbocycles. The summed E-state index contributed by atoms with van der Waals surface area (Å²) in [5, 5.41) is 3.06. The van der Waals surface area contributed by atoms with Crippen LogP contribution < -0.4 is 10.1 Å². The van der Waals surface area contributed by atoms with Gasteiger partial charge in [0.15, 0.2) is 0 Å². The molecule has 0 unspecified atom stereocenters. The fourth-order valence-electron chi connectivity index (χ4n) is 4.33. The highest BCUT2D eigenvalue weighted by Gasteiger charge is 2.34. The molecular weight excluding hydrogens is 392 g/mol.